The van der Waals surface area contributed by atoms with Crippen molar-refractivity contribution in [3.8, 4) is 11.5 Å². The third-order valence-electron chi connectivity index (χ3n) is 3.20. The van der Waals surface area contributed by atoms with Gasteiger partial charge in [-0.15, -0.1) is 0 Å². The van der Waals surface area contributed by atoms with E-state index in [-0.39, 0.29) is 0 Å². The second-order valence-corrected chi connectivity index (χ2v) is 5.03. The lowest BCUT2D eigenvalue weighted by Crippen LogP contribution is -2.02. The molecule has 0 saturated carbocycles. The molecular weight excluding hydrogens is 282 g/mol. The van der Waals surface area contributed by atoms with E-state index in [2.05, 4.69) is 11.1 Å². The Morgan fingerprint density at radius 3 is 2.29 bits per heavy atom. The van der Waals surface area contributed by atoms with Gasteiger partial charge < -0.3 is 4.74 Å². The fourth-order valence-corrected chi connectivity index (χ4v) is 2.41. The number of fused-ring (bicyclic) bond motifs is 2. The van der Waals surface area contributed by atoms with Crippen LogP contribution in [0, 0.1) is 0 Å². The van der Waals surface area contributed by atoms with Gasteiger partial charge in [0.25, 0.3) is 0 Å². The smallest absolute Gasteiger partial charge is 0.132 e. The first-order chi connectivity index (χ1) is 10.3. The van der Waals surface area contributed by atoms with Gasteiger partial charge in [-0.3, -0.25) is 4.98 Å². The van der Waals surface area contributed by atoms with Crippen molar-refractivity contribution in [3.63, 3.8) is 0 Å². The van der Waals surface area contributed by atoms with E-state index in [1.807, 2.05) is 54.6 Å². The second-order valence-electron chi connectivity index (χ2n) is 4.63. The van der Waals surface area contributed by atoms with Gasteiger partial charge in [0.15, 0.2) is 0 Å². The molecule has 0 N–H and O–H groups in total. The molecule has 3 aromatic rings. The zero-order valence-corrected chi connectivity index (χ0v) is 12.1. The van der Waals surface area contributed by atoms with Crippen molar-refractivity contribution in [1.29, 1.82) is 0 Å². The zero-order valence-electron chi connectivity index (χ0n) is 11.4. The SMILES string of the molecule is Clc1cccc2c1Cc1ccccc1O2.c1ccncc1. The molecular formula is C18H14ClNO. The molecule has 3 heteroatoms. The predicted molar refractivity (Wildman–Crippen MR) is 85.0 cm³/mol. The lowest BCUT2D eigenvalue weighted by molar-refractivity contribution is 0.460. The van der Waals surface area contributed by atoms with E-state index in [9.17, 15) is 0 Å². The number of halogens is 1. The first-order valence-electron chi connectivity index (χ1n) is 6.73. The molecule has 2 aromatic carbocycles. The summed E-state index contributed by atoms with van der Waals surface area (Å²) >= 11 is 6.13. The predicted octanol–water partition coefficient (Wildman–Crippen LogP) is 5.12. The van der Waals surface area contributed by atoms with E-state index < -0.39 is 0 Å². The van der Waals surface area contributed by atoms with Crippen molar-refractivity contribution in [3.05, 3.63) is 89.2 Å². The lowest BCUT2D eigenvalue weighted by atomic mass is 10.0. The monoisotopic (exact) mass is 295 g/mol. The summed E-state index contributed by atoms with van der Waals surface area (Å²) in [5.41, 5.74) is 2.27. The average Bonchev–Trinajstić information content (AvgIpc) is 2.56. The van der Waals surface area contributed by atoms with Gasteiger partial charge >= 0.3 is 0 Å². The maximum absolute atomic E-state index is 6.13. The Hall–Kier alpha value is -2.32. The van der Waals surface area contributed by atoms with Gasteiger partial charge in [-0.2, -0.15) is 0 Å². The third-order valence-corrected chi connectivity index (χ3v) is 3.56. The highest BCUT2D eigenvalue weighted by molar-refractivity contribution is 6.31. The minimum Gasteiger partial charge on any atom is -0.457 e. The standard InChI is InChI=1S/C13H9ClO.C5H5N/c14-11-5-3-7-13-10(11)8-9-4-1-2-6-12(9)15-13;1-2-4-6-5-3-1/h1-7H,8H2;1-5H. The molecule has 21 heavy (non-hydrogen) atoms. The van der Waals surface area contributed by atoms with Crippen LogP contribution in [0.4, 0.5) is 0 Å². The Morgan fingerprint density at radius 2 is 1.57 bits per heavy atom. The number of benzene rings is 2. The highest BCUT2D eigenvalue weighted by Crippen LogP contribution is 2.39. The lowest BCUT2D eigenvalue weighted by Gasteiger charge is -2.20. The van der Waals surface area contributed by atoms with E-state index in [4.69, 9.17) is 16.3 Å². The molecule has 104 valence electrons. The molecule has 1 aromatic heterocycles. The number of para-hydroxylation sites is 1. The van der Waals surface area contributed by atoms with E-state index >= 15 is 0 Å². The van der Waals surface area contributed by atoms with Gasteiger partial charge in [-0.05, 0) is 35.9 Å². The number of hydrogen-bond donors (Lipinski definition) is 0. The number of pyridine rings is 1. The molecule has 4 rings (SSSR count). The van der Waals surface area contributed by atoms with Crippen LogP contribution < -0.4 is 4.74 Å². The molecule has 0 saturated heterocycles. The van der Waals surface area contributed by atoms with Crippen molar-refractivity contribution >= 4 is 11.6 Å². The third kappa shape index (κ3) is 3.23. The first kappa shape index (κ1) is 13.7. The van der Waals surface area contributed by atoms with E-state index in [1.165, 1.54) is 5.56 Å². The maximum atomic E-state index is 6.13. The number of nitrogens with zero attached hydrogens (tertiary/aromatic N) is 1. The van der Waals surface area contributed by atoms with Gasteiger partial charge in [0.2, 0.25) is 0 Å². The number of ether oxygens (including phenoxy) is 1. The quantitative estimate of drug-likeness (QED) is 0.449. The van der Waals surface area contributed by atoms with Crippen LogP contribution in [0.15, 0.2) is 73.1 Å². The Bertz CT molecular complexity index is 702. The van der Waals surface area contributed by atoms with Gasteiger partial charge in [0, 0.05) is 29.4 Å². The van der Waals surface area contributed by atoms with E-state index in [0.29, 0.717) is 0 Å². The number of rotatable bonds is 0. The Labute approximate surface area is 129 Å². The molecule has 0 amide bonds. The molecule has 0 aliphatic carbocycles. The van der Waals surface area contributed by atoms with Crippen LogP contribution in [-0.2, 0) is 6.42 Å². The van der Waals surface area contributed by atoms with Crippen molar-refractivity contribution in [2.75, 3.05) is 0 Å². The fourth-order valence-electron chi connectivity index (χ4n) is 2.18. The Balaban J connectivity index is 0.000000186. The van der Waals surface area contributed by atoms with Gasteiger partial charge in [-0.25, -0.2) is 0 Å². The zero-order chi connectivity index (χ0) is 14.5. The number of aromatic nitrogens is 1. The molecule has 0 atom stereocenters. The first-order valence-corrected chi connectivity index (χ1v) is 7.10. The van der Waals surface area contributed by atoms with Crippen LogP contribution in [0.3, 0.4) is 0 Å². The van der Waals surface area contributed by atoms with Crippen molar-refractivity contribution in [2.24, 2.45) is 0 Å². The number of hydrogen-bond acceptors (Lipinski definition) is 2. The summed E-state index contributed by atoms with van der Waals surface area (Å²) in [5.74, 6) is 1.81. The van der Waals surface area contributed by atoms with Gasteiger partial charge in [-0.1, -0.05) is 41.9 Å². The Morgan fingerprint density at radius 1 is 0.810 bits per heavy atom. The largest absolute Gasteiger partial charge is 0.457 e. The molecule has 1 aliphatic rings. The van der Waals surface area contributed by atoms with E-state index in [0.717, 1.165) is 28.5 Å². The minimum atomic E-state index is 0.780. The summed E-state index contributed by atoms with van der Waals surface area (Å²) < 4.78 is 5.77. The summed E-state index contributed by atoms with van der Waals surface area (Å²) in [6, 6.07) is 19.5. The Kier molecular flexibility index (Phi) is 4.17. The van der Waals surface area contributed by atoms with E-state index in [1.54, 1.807) is 12.4 Å². The molecule has 0 bridgehead atoms. The van der Waals surface area contributed by atoms with Crippen LogP contribution in [0.2, 0.25) is 5.02 Å². The minimum absolute atomic E-state index is 0.780. The molecule has 0 radical (unpaired) electrons. The van der Waals surface area contributed by atoms with Crippen molar-refractivity contribution < 1.29 is 4.74 Å². The topological polar surface area (TPSA) is 22.1 Å². The fraction of sp³-hybridized carbons (Fsp3) is 0.0556. The van der Waals surface area contributed by atoms with Crippen LogP contribution in [0.25, 0.3) is 0 Å². The average molecular weight is 296 g/mol. The summed E-state index contributed by atoms with van der Waals surface area (Å²) in [6.07, 6.45) is 4.35. The van der Waals surface area contributed by atoms with Crippen molar-refractivity contribution in [1.82, 2.24) is 4.98 Å². The molecule has 0 unspecified atom stereocenters. The summed E-state index contributed by atoms with van der Waals surface area (Å²) in [6.45, 7) is 0. The van der Waals surface area contributed by atoms with Crippen molar-refractivity contribution in [2.45, 2.75) is 6.42 Å². The maximum Gasteiger partial charge on any atom is 0.132 e. The van der Waals surface area contributed by atoms with Gasteiger partial charge in [0.05, 0.1) is 0 Å². The molecule has 2 heterocycles. The normalized spacial score (nSPS) is 11.3. The molecule has 0 spiro atoms. The molecule has 2 nitrogen and oxygen atoms in total. The van der Waals surface area contributed by atoms with Crippen LogP contribution in [-0.4, -0.2) is 4.98 Å². The summed E-state index contributed by atoms with van der Waals surface area (Å²) in [4.78, 5) is 3.78. The van der Waals surface area contributed by atoms with Crippen LogP contribution >= 0.6 is 11.6 Å². The highest BCUT2D eigenvalue weighted by atomic mass is 35.5. The second kappa shape index (κ2) is 6.42. The molecule has 1 aliphatic heterocycles. The summed E-state index contributed by atoms with van der Waals surface area (Å²) in [7, 11) is 0. The highest BCUT2D eigenvalue weighted by Gasteiger charge is 2.17. The van der Waals surface area contributed by atoms with Gasteiger partial charge in [0.1, 0.15) is 11.5 Å². The summed E-state index contributed by atoms with van der Waals surface area (Å²) in [5, 5.41) is 0.780. The van der Waals surface area contributed by atoms with Crippen LogP contribution in [0.1, 0.15) is 11.1 Å². The molecule has 0 fully saturated rings. The van der Waals surface area contributed by atoms with Crippen LogP contribution in [0.5, 0.6) is 11.5 Å².